The minimum Gasteiger partial charge on any atom is -0.480 e. The van der Waals surface area contributed by atoms with Crippen LogP contribution in [0.3, 0.4) is 0 Å². The van der Waals surface area contributed by atoms with Crippen molar-refractivity contribution in [2.75, 3.05) is 5.32 Å². The van der Waals surface area contributed by atoms with Crippen LogP contribution in [0.25, 0.3) is 0 Å². The smallest absolute Gasteiger partial charge is 0.326 e. The summed E-state index contributed by atoms with van der Waals surface area (Å²) in [5.41, 5.74) is 0.105. The lowest BCUT2D eigenvalue weighted by Gasteiger charge is -2.19. The van der Waals surface area contributed by atoms with Gasteiger partial charge in [0.25, 0.3) is 0 Å². The summed E-state index contributed by atoms with van der Waals surface area (Å²) < 4.78 is 13.3. The average Bonchev–Trinajstić information content (AvgIpc) is 2.18. The summed E-state index contributed by atoms with van der Waals surface area (Å²) in [4.78, 5) is 10.9. The molecule has 0 amide bonds. The molecule has 1 aromatic rings. The van der Waals surface area contributed by atoms with Crippen LogP contribution in [0.1, 0.15) is 13.8 Å². The van der Waals surface area contributed by atoms with Crippen molar-refractivity contribution in [1.82, 2.24) is 0 Å². The fraction of sp³-hybridized carbons (Fsp3) is 0.364. The van der Waals surface area contributed by atoms with Crippen LogP contribution < -0.4 is 5.32 Å². The lowest BCUT2D eigenvalue weighted by atomic mass is 10.0. The van der Waals surface area contributed by atoms with E-state index in [1.54, 1.807) is 13.8 Å². The zero-order valence-corrected chi connectivity index (χ0v) is 9.75. The van der Waals surface area contributed by atoms with E-state index < -0.39 is 17.8 Å². The van der Waals surface area contributed by atoms with Crippen molar-refractivity contribution >= 4 is 23.3 Å². The van der Waals surface area contributed by atoms with Crippen LogP contribution in [0.15, 0.2) is 18.2 Å². The van der Waals surface area contributed by atoms with Crippen molar-refractivity contribution in [3.8, 4) is 0 Å². The molecular formula is C11H13ClFNO2. The van der Waals surface area contributed by atoms with Gasteiger partial charge in [-0.25, -0.2) is 9.18 Å². The van der Waals surface area contributed by atoms with Crippen LogP contribution in [-0.4, -0.2) is 17.1 Å². The van der Waals surface area contributed by atoms with Crippen LogP contribution in [0, 0.1) is 11.7 Å². The molecule has 1 aromatic carbocycles. The van der Waals surface area contributed by atoms with Crippen molar-refractivity contribution in [2.24, 2.45) is 5.92 Å². The number of carboxylic acids is 1. The number of carboxylic acid groups (broad SMARTS) is 1. The molecule has 0 bridgehead atoms. The molecule has 5 heteroatoms. The van der Waals surface area contributed by atoms with Gasteiger partial charge in [-0.05, 0) is 24.1 Å². The van der Waals surface area contributed by atoms with Crippen LogP contribution >= 0.6 is 11.6 Å². The van der Waals surface area contributed by atoms with Crippen LogP contribution in [0.5, 0.6) is 0 Å². The number of aliphatic carboxylic acids is 1. The van der Waals surface area contributed by atoms with E-state index in [0.717, 1.165) is 0 Å². The van der Waals surface area contributed by atoms with Crippen molar-refractivity contribution in [3.63, 3.8) is 0 Å². The fourth-order valence-electron chi connectivity index (χ4n) is 1.29. The number of halogens is 2. The summed E-state index contributed by atoms with van der Waals surface area (Å²) in [6.07, 6.45) is 0. The van der Waals surface area contributed by atoms with Crippen LogP contribution in [-0.2, 0) is 4.79 Å². The van der Waals surface area contributed by atoms with Crippen molar-refractivity contribution in [1.29, 1.82) is 0 Å². The predicted molar refractivity (Wildman–Crippen MR) is 61.3 cm³/mol. The fourth-order valence-corrected chi connectivity index (χ4v) is 1.46. The van der Waals surface area contributed by atoms with E-state index >= 15 is 0 Å². The third-order valence-corrected chi connectivity index (χ3v) is 2.41. The minimum atomic E-state index is -1.02. The van der Waals surface area contributed by atoms with E-state index in [1.807, 2.05) is 0 Å². The largest absolute Gasteiger partial charge is 0.480 e. The molecule has 2 N–H and O–H groups in total. The van der Waals surface area contributed by atoms with E-state index in [-0.39, 0.29) is 11.6 Å². The molecule has 0 spiro atoms. The lowest BCUT2D eigenvalue weighted by Crippen LogP contribution is -2.34. The first-order chi connectivity index (χ1) is 7.41. The Morgan fingerprint density at radius 1 is 1.50 bits per heavy atom. The molecule has 3 nitrogen and oxygen atoms in total. The molecule has 88 valence electrons. The molecule has 0 saturated carbocycles. The molecule has 0 fully saturated rings. The number of carbonyl (C=O) groups is 1. The first-order valence-corrected chi connectivity index (χ1v) is 5.24. The molecule has 0 aliphatic rings. The molecule has 0 saturated heterocycles. The quantitative estimate of drug-likeness (QED) is 0.857. The molecule has 0 heterocycles. The van der Waals surface area contributed by atoms with E-state index in [1.165, 1.54) is 18.2 Å². The Morgan fingerprint density at radius 3 is 2.62 bits per heavy atom. The van der Waals surface area contributed by atoms with Gasteiger partial charge in [0, 0.05) is 5.02 Å². The summed E-state index contributed by atoms with van der Waals surface area (Å²) in [5.74, 6) is -1.69. The van der Waals surface area contributed by atoms with Gasteiger partial charge in [-0.1, -0.05) is 25.4 Å². The molecule has 0 aliphatic heterocycles. The highest BCUT2D eigenvalue weighted by Gasteiger charge is 2.22. The average molecular weight is 246 g/mol. The van der Waals surface area contributed by atoms with Gasteiger partial charge in [-0.2, -0.15) is 0 Å². The second-order valence-electron chi connectivity index (χ2n) is 3.83. The van der Waals surface area contributed by atoms with Crippen LogP contribution in [0.2, 0.25) is 5.02 Å². The van der Waals surface area contributed by atoms with Gasteiger partial charge in [-0.15, -0.1) is 0 Å². The van der Waals surface area contributed by atoms with E-state index in [9.17, 15) is 9.18 Å². The third-order valence-electron chi connectivity index (χ3n) is 2.17. The molecule has 0 aliphatic carbocycles. The summed E-state index contributed by atoms with van der Waals surface area (Å²) in [6.45, 7) is 3.49. The maximum absolute atomic E-state index is 13.3. The van der Waals surface area contributed by atoms with Gasteiger partial charge < -0.3 is 10.4 Å². The topological polar surface area (TPSA) is 49.3 Å². The Hall–Kier alpha value is -1.29. The summed E-state index contributed by atoms with van der Waals surface area (Å²) in [7, 11) is 0. The number of rotatable bonds is 4. The number of anilines is 1. The zero-order chi connectivity index (χ0) is 12.3. The molecule has 0 radical (unpaired) electrons. The number of benzene rings is 1. The van der Waals surface area contributed by atoms with Crippen molar-refractivity contribution in [2.45, 2.75) is 19.9 Å². The maximum Gasteiger partial charge on any atom is 0.326 e. The van der Waals surface area contributed by atoms with Crippen LogP contribution in [0.4, 0.5) is 10.1 Å². The second kappa shape index (κ2) is 5.16. The standard InChI is InChI=1S/C11H13ClFNO2/c1-6(2)10(11(15)16)14-9-5-7(12)3-4-8(9)13/h3-6,10,14H,1-2H3,(H,15,16). The highest BCUT2D eigenvalue weighted by Crippen LogP contribution is 2.21. The van der Waals surface area contributed by atoms with Gasteiger partial charge in [0.15, 0.2) is 0 Å². The lowest BCUT2D eigenvalue weighted by molar-refractivity contribution is -0.138. The van der Waals surface area contributed by atoms with Gasteiger partial charge in [0.05, 0.1) is 5.69 Å². The zero-order valence-electron chi connectivity index (χ0n) is 9.00. The minimum absolute atomic E-state index is 0.105. The van der Waals surface area contributed by atoms with Gasteiger partial charge >= 0.3 is 5.97 Å². The first-order valence-electron chi connectivity index (χ1n) is 4.86. The second-order valence-corrected chi connectivity index (χ2v) is 4.26. The normalized spacial score (nSPS) is 12.6. The molecule has 1 atom stereocenters. The third kappa shape index (κ3) is 3.10. The molecular weight excluding hydrogens is 233 g/mol. The Kier molecular flexibility index (Phi) is 4.12. The predicted octanol–water partition coefficient (Wildman–Crippen LogP) is 3.00. The maximum atomic E-state index is 13.3. The summed E-state index contributed by atoms with van der Waals surface area (Å²) >= 11 is 5.71. The Balaban J connectivity index is 2.93. The first kappa shape index (κ1) is 12.8. The number of nitrogens with one attached hydrogen (secondary N) is 1. The molecule has 1 unspecified atom stereocenters. The summed E-state index contributed by atoms with van der Waals surface area (Å²) in [6, 6.07) is 3.14. The van der Waals surface area contributed by atoms with Gasteiger partial charge in [0.2, 0.25) is 0 Å². The van der Waals surface area contributed by atoms with E-state index in [0.29, 0.717) is 5.02 Å². The summed E-state index contributed by atoms with van der Waals surface area (Å²) in [5, 5.41) is 11.9. The van der Waals surface area contributed by atoms with E-state index in [2.05, 4.69) is 5.32 Å². The van der Waals surface area contributed by atoms with E-state index in [4.69, 9.17) is 16.7 Å². The van der Waals surface area contributed by atoms with Crippen molar-refractivity contribution in [3.05, 3.63) is 29.0 Å². The van der Waals surface area contributed by atoms with Crippen molar-refractivity contribution < 1.29 is 14.3 Å². The molecule has 16 heavy (non-hydrogen) atoms. The Morgan fingerprint density at radius 2 is 2.12 bits per heavy atom. The SMILES string of the molecule is CC(C)C(Nc1cc(Cl)ccc1F)C(=O)O. The number of hydrogen-bond donors (Lipinski definition) is 2. The molecule has 0 aromatic heterocycles. The Bertz CT molecular complexity index is 396. The highest BCUT2D eigenvalue weighted by molar-refractivity contribution is 6.30. The monoisotopic (exact) mass is 245 g/mol. The van der Waals surface area contributed by atoms with Gasteiger partial charge in [-0.3, -0.25) is 0 Å². The van der Waals surface area contributed by atoms with Gasteiger partial charge in [0.1, 0.15) is 11.9 Å². The molecule has 1 rings (SSSR count). The highest BCUT2D eigenvalue weighted by atomic mass is 35.5. The number of hydrogen-bond acceptors (Lipinski definition) is 2. The Labute approximate surface area is 98.2 Å².